The summed E-state index contributed by atoms with van der Waals surface area (Å²) >= 11 is 0. The Morgan fingerprint density at radius 2 is 1.72 bits per heavy atom. The van der Waals surface area contributed by atoms with E-state index in [0.717, 1.165) is 5.69 Å². The zero-order chi connectivity index (χ0) is 13.3. The lowest BCUT2D eigenvalue weighted by Gasteiger charge is -2.05. The van der Waals surface area contributed by atoms with Gasteiger partial charge in [0.25, 0.3) is 0 Å². The lowest BCUT2D eigenvalue weighted by molar-refractivity contribution is 0.101. The number of rotatable bonds is 3. The van der Waals surface area contributed by atoms with E-state index < -0.39 is 0 Å². The summed E-state index contributed by atoms with van der Waals surface area (Å²) in [5.74, 6) is 0.0219. The van der Waals surface area contributed by atoms with Gasteiger partial charge in [0, 0.05) is 24.0 Å². The van der Waals surface area contributed by atoms with Gasteiger partial charge in [0.1, 0.15) is 0 Å². The molecule has 0 atom stereocenters. The van der Waals surface area contributed by atoms with Crippen LogP contribution in [0.1, 0.15) is 37.2 Å². The van der Waals surface area contributed by atoms with Crippen molar-refractivity contribution in [2.45, 2.75) is 26.8 Å². The second-order valence-electron chi connectivity index (χ2n) is 4.55. The Labute approximate surface area is 105 Å². The molecule has 0 aliphatic rings. The summed E-state index contributed by atoms with van der Waals surface area (Å²) in [6.45, 7) is 5.45. The van der Waals surface area contributed by atoms with Gasteiger partial charge in [-0.2, -0.15) is 0 Å². The summed E-state index contributed by atoms with van der Waals surface area (Å²) in [6, 6.07) is 7.16. The fraction of sp³-hybridized carbons (Fsp3) is 0.286. The second kappa shape index (κ2) is 4.64. The number of benzene rings is 1. The van der Waals surface area contributed by atoms with Crippen molar-refractivity contribution in [2.24, 2.45) is 0 Å². The third-order valence-corrected chi connectivity index (χ3v) is 2.91. The molecule has 1 aromatic heterocycles. The molecule has 94 valence electrons. The van der Waals surface area contributed by atoms with Gasteiger partial charge in [0.2, 0.25) is 0 Å². The van der Waals surface area contributed by atoms with Crippen molar-refractivity contribution < 1.29 is 4.79 Å². The molecule has 0 amide bonds. The van der Waals surface area contributed by atoms with Crippen LogP contribution in [0.25, 0.3) is 5.69 Å². The molecule has 0 saturated heterocycles. The van der Waals surface area contributed by atoms with E-state index in [0.29, 0.717) is 5.56 Å². The first-order chi connectivity index (χ1) is 8.50. The third kappa shape index (κ3) is 2.14. The monoisotopic (exact) mass is 244 g/mol. The Morgan fingerprint density at radius 1 is 1.11 bits per heavy atom. The molecule has 0 aliphatic heterocycles. The lowest BCUT2D eigenvalue weighted by atomic mass is 10.1. The summed E-state index contributed by atoms with van der Waals surface area (Å²) in [7, 11) is 0. The molecule has 1 aromatic carbocycles. The van der Waals surface area contributed by atoms with Crippen LogP contribution in [0.15, 0.2) is 41.5 Å². The van der Waals surface area contributed by atoms with Crippen LogP contribution in [0.3, 0.4) is 0 Å². The Balaban J connectivity index is 2.43. The number of Topliss-reactive ketones (excluding diaryl/α,β-unsaturated/α-hetero) is 1. The predicted octanol–water partition coefficient (Wildman–Crippen LogP) is 2.42. The highest BCUT2D eigenvalue weighted by atomic mass is 16.1. The first-order valence-electron chi connectivity index (χ1n) is 5.91. The van der Waals surface area contributed by atoms with E-state index in [1.54, 1.807) is 45.8 Å². The van der Waals surface area contributed by atoms with E-state index in [-0.39, 0.29) is 17.5 Å². The van der Waals surface area contributed by atoms with Crippen molar-refractivity contribution in [3.8, 4) is 5.69 Å². The van der Waals surface area contributed by atoms with E-state index in [1.807, 2.05) is 13.8 Å². The lowest BCUT2D eigenvalue weighted by Crippen LogP contribution is -2.24. The van der Waals surface area contributed by atoms with E-state index >= 15 is 0 Å². The highest BCUT2D eigenvalue weighted by Crippen LogP contribution is 2.09. The van der Waals surface area contributed by atoms with Gasteiger partial charge in [0.05, 0.1) is 5.69 Å². The minimum atomic E-state index is -0.0689. The van der Waals surface area contributed by atoms with E-state index in [2.05, 4.69) is 0 Å². The first-order valence-corrected chi connectivity index (χ1v) is 5.91. The van der Waals surface area contributed by atoms with Gasteiger partial charge < -0.3 is 0 Å². The molecule has 4 heteroatoms. The molecule has 0 saturated carbocycles. The number of imidazole rings is 1. The first kappa shape index (κ1) is 12.4. The zero-order valence-corrected chi connectivity index (χ0v) is 10.8. The summed E-state index contributed by atoms with van der Waals surface area (Å²) in [5, 5.41) is 0. The highest BCUT2D eigenvalue weighted by Gasteiger charge is 2.08. The Morgan fingerprint density at radius 3 is 2.17 bits per heavy atom. The zero-order valence-electron chi connectivity index (χ0n) is 10.8. The molecule has 18 heavy (non-hydrogen) atoms. The molecule has 0 N–H and O–H groups in total. The molecule has 0 fully saturated rings. The number of nitrogens with zero attached hydrogens (tertiary/aromatic N) is 2. The van der Waals surface area contributed by atoms with Crippen LogP contribution in [0, 0.1) is 0 Å². The smallest absolute Gasteiger partial charge is 0.296 e. The average molecular weight is 244 g/mol. The maximum atomic E-state index is 12.1. The number of carbonyl (C=O) groups is 1. The van der Waals surface area contributed by atoms with Gasteiger partial charge >= 0.3 is 5.69 Å². The molecule has 0 radical (unpaired) electrons. The second-order valence-corrected chi connectivity index (χ2v) is 4.55. The molecule has 2 aromatic rings. The standard InChI is InChI=1S/C14H16N2O2/c1-10(2)15-8-9-16(14(15)18)13-6-4-12(5-7-13)11(3)17/h4-10H,1-3H3. The number of carbonyl (C=O) groups excluding carboxylic acids is 1. The SMILES string of the molecule is CC(=O)c1ccc(-n2ccn(C(C)C)c2=O)cc1. The van der Waals surface area contributed by atoms with Crippen LogP contribution >= 0.6 is 0 Å². The van der Waals surface area contributed by atoms with Crippen molar-refractivity contribution in [3.05, 3.63) is 52.7 Å². The Bertz CT molecular complexity index is 618. The summed E-state index contributed by atoms with van der Waals surface area (Å²) < 4.78 is 3.24. The van der Waals surface area contributed by atoms with Crippen LogP contribution < -0.4 is 5.69 Å². The van der Waals surface area contributed by atoms with E-state index in [9.17, 15) is 9.59 Å². The molecular weight excluding hydrogens is 228 g/mol. The maximum absolute atomic E-state index is 12.1. The van der Waals surface area contributed by atoms with Crippen LogP contribution in [0.5, 0.6) is 0 Å². The van der Waals surface area contributed by atoms with Crippen LogP contribution in [0.2, 0.25) is 0 Å². The van der Waals surface area contributed by atoms with Crippen LogP contribution in [0.4, 0.5) is 0 Å². The Hall–Kier alpha value is -2.10. The topological polar surface area (TPSA) is 44.0 Å². The fourth-order valence-corrected chi connectivity index (χ4v) is 1.84. The number of aromatic nitrogens is 2. The Kier molecular flexibility index (Phi) is 3.19. The van der Waals surface area contributed by atoms with Gasteiger partial charge in [-0.1, -0.05) is 0 Å². The van der Waals surface area contributed by atoms with Crippen LogP contribution in [-0.2, 0) is 0 Å². The fourth-order valence-electron chi connectivity index (χ4n) is 1.84. The molecule has 1 heterocycles. The quantitative estimate of drug-likeness (QED) is 0.778. The van der Waals surface area contributed by atoms with E-state index in [1.165, 1.54) is 6.92 Å². The maximum Gasteiger partial charge on any atom is 0.332 e. The number of ketones is 1. The summed E-state index contributed by atoms with van der Waals surface area (Å²) in [6.07, 6.45) is 3.51. The van der Waals surface area contributed by atoms with E-state index in [4.69, 9.17) is 0 Å². The summed E-state index contributed by atoms with van der Waals surface area (Å²) in [5.41, 5.74) is 1.35. The molecule has 0 aliphatic carbocycles. The normalized spacial score (nSPS) is 10.9. The molecule has 0 bridgehead atoms. The minimum absolute atomic E-state index is 0.0219. The molecule has 4 nitrogen and oxygen atoms in total. The van der Waals surface area contributed by atoms with Gasteiger partial charge in [-0.25, -0.2) is 4.79 Å². The van der Waals surface area contributed by atoms with Crippen molar-refractivity contribution in [1.29, 1.82) is 0 Å². The van der Waals surface area contributed by atoms with Crippen molar-refractivity contribution in [3.63, 3.8) is 0 Å². The largest absolute Gasteiger partial charge is 0.332 e. The molecule has 0 spiro atoms. The molecular formula is C14H16N2O2. The minimum Gasteiger partial charge on any atom is -0.296 e. The molecule has 0 unspecified atom stereocenters. The van der Waals surface area contributed by atoms with Crippen molar-refractivity contribution in [1.82, 2.24) is 9.13 Å². The van der Waals surface area contributed by atoms with Gasteiger partial charge in [-0.15, -0.1) is 0 Å². The summed E-state index contributed by atoms with van der Waals surface area (Å²) in [4.78, 5) is 23.3. The van der Waals surface area contributed by atoms with Crippen LogP contribution in [-0.4, -0.2) is 14.9 Å². The number of hydrogen-bond donors (Lipinski definition) is 0. The van der Waals surface area contributed by atoms with Gasteiger partial charge in [-0.05, 0) is 45.0 Å². The average Bonchev–Trinajstić information content (AvgIpc) is 2.71. The van der Waals surface area contributed by atoms with Crippen molar-refractivity contribution in [2.75, 3.05) is 0 Å². The molecule has 2 rings (SSSR count). The van der Waals surface area contributed by atoms with Gasteiger partial charge in [0.15, 0.2) is 5.78 Å². The van der Waals surface area contributed by atoms with Crippen molar-refractivity contribution >= 4 is 5.78 Å². The highest BCUT2D eigenvalue weighted by molar-refractivity contribution is 5.94. The van der Waals surface area contributed by atoms with Gasteiger partial charge in [-0.3, -0.25) is 13.9 Å². The third-order valence-electron chi connectivity index (χ3n) is 2.91. The number of hydrogen-bond acceptors (Lipinski definition) is 2. The predicted molar refractivity (Wildman–Crippen MR) is 70.4 cm³/mol.